The van der Waals surface area contributed by atoms with E-state index >= 15 is 0 Å². The van der Waals surface area contributed by atoms with Gasteiger partial charge >= 0.3 is 0 Å². The van der Waals surface area contributed by atoms with E-state index in [1.54, 1.807) is 0 Å². The summed E-state index contributed by atoms with van der Waals surface area (Å²) in [7, 11) is 3.99. The Balaban J connectivity index is 0. The molecule has 1 N–H and O–H groups in total. The highest BCUT2D eigenvalue weighted by Gasteiger charge is 1.80. The van der Waals surface area contributed by atoms with Crippen LogP contribution in [0.1, 0.15) is 13.3 Å². The number of hydrogen-bond donors (Lipinski definition) is 1. The lowest BCUT2D eigenvalue weighted by atomic mass is 10.5. The highest BCUT2D eigenvalue weighted by molar-refractivity contribution is 8.93. The normalized spacial score (nSPS) is 9.00. The number of nitrogens with zero attached hydrogens (tertiary/aromatic N) is 1. The van der Waals surface area contributed by atoms with Gasteiger partial charge in [0, 0.05) is 20.6 Å². The molecule has 0 aliphatic heterocycles. The van der Waals surface area contributed by atoms with E-state index in [2.05, 4.69) is 12.3 Å². The van der Waals surface area contributed by atoms with Crippen LogP contribution in [0.2, 0.25) is 0 Å². The molecule has 0 unspecified atom stereocenters. The Bertz CT molecular complexity index is 39.4. The van der Waals surface area contributed by atoms with E-state index in [0.717, 1.165) is 6.54 Å². The van der Waals surface area contributed by atoms with Gasteiger partial charge in [-0.2, -0.15) is 0 Å². The van der Waals surface area contributed by atoms with Crippen LogP contribution in [-0.4, -0.2) is 25.6 Å². The quantitative estimate of drug-likeness (QED) is 0.657. The van der Waals surface area contributed by atoms with Crippen LogP contribution in [-0.2, 0) is 0 Å². The van der Waals surface area contributed by atoms with Gasteiger partial charge in [-0.3, -0.25) is 10.4 Å². The molecule has 0 rings (SSSR count). The molecule has 0 aromatic heterocycles. The molecular weight excluding hydrogens is 168 g/mol. The molecule has 0 aromatic rings. The average molecular weight is 183 g/mol. The fourth-order valence-corrected chi connectivity index (χ4v) is 0.335. The molecule has 0 aromatic carbocycles. The van der Waals surface area contributed by atoms with Crippen molar-refractivity contribution in [3.63, 3.8) is 0 Å². The smallest absolute Gasteiger partial charge is 0.00993 e. The molecule has 0 heterocycles. The van der Waals surface area contributed by atoms with E-state index in [0.29, 0.717) is 0 Å². The Morgan fingerprint density at radius 1 is 1.38 bits per heavy atom. The summed E-state index contributed by atoms with van der Waals surface area (Å²) in [4.78, 5) is 0. The molecule has 0 atom stereocenters. The zero-order valence-electron chi connectivity index (χ0n) is 5.77. The summed E-state index contributed by atoms with van der Waals surface area (Å²) >= 11 is 0. The number of hydrogen-bond acceptors (Lipinski definition) is 2. The molecule has 0 saturated carbocycles. The predicted molar refractivity (Wildman–Crippen MR) is 42.3 cm³/mol. The fraction of sp³-hybridized carbons (Fsp3) is 1.00. The van der Waals surface area contributed by atoms with E-state index in [9.17, 15) is 0 Å². The molecule has 3 heteroatoms. The maximum atomic E-state index is 3.13. The Morgan fingerprint density at radius 2 is 1.88 bits per heavy atom. The van der Waals surface area contributed by atoms with Gasteiger partial charge in [0.15, 0.2) is 0 Å². The lowest BCUT2D eigenvalue weighted by Gasteiger charge is -2.08. The van der Waals surface area contributed by atoms with Crippen molar-refractivity contribution in [1.82, 2.24) is 10.4 Å². The summed E-state index contributed by atoms with van der Waals surface area (Å²) in [6.45, 7) is 3.23. The fourth-order valence-electron chi connectivity index (χ4n) is 0.335. The first-order chi connectivity index (χ1) is 3.27. The molecular formula is C5H15BrN2. The zero-order valence-corrected chi connectivity index (χ0v) is 7.48. The molecule has 0 aliphatic rings. The number of nitrogens with one attached hydrogen (secondary N) is 1. The summed E-state index contributed by atoms with van der Waals surface area (Å²) in [6.07, 6.45) is 1.19. The van der Waals surface area contributed by atoms with Crippen molar-refractivity contribution in [2.45, 2.75) is 13.3 Å². The summed E-state index contributed by atoms with van der Waals surface area (Å²) in [5.41, 5.74) is 3.13. The van der Waals surface area contributed by atoms with Crippen molar-refractivity contribution in [3.05, 3.63) is 0 Å². The monoisotopic (exact) mass is 182 g/mol. The zero-order chi connectivity index (χ0) is 5.70. The SMILES string of the molecule is Br.CCCNN(C)C. The maximum absolute atomic E-state index is 3.13. The Labute approximate surface area is 62.0 Å². The third kappa shape index (κ3) is 9.64. The van der Waals surface area contributed by atoms with E-state index in [1.807, 2.05) is 19.1 Å². The molecule has 52 valence electrons. The van der Waals surface area contributed by atoms with Gasteiger partial charge < -0.3 is 0 Å². The van der Waals surface area contributed by atoms with Gasteiger partial charge in [0.2, 0.25) is 0 Å². The van der Waals surface area contributed by atoms with Crippen molar-refractivity contribution in [2.75, 3.05) is 20.6 Å². The van der Waals surface area contributed by atoms with Gasteiger partial charge in [0.25, 0.3) is 0 Å². The molecule has 2 nitrogen and oxygen atoms in total. The third-order valence-corrected chi connectivity index (χ3v) is 0.678. The van der Waals surface area contributed by atoms with Crippen LogP contribution < -0.4 is 5.43 Å². The molecule has 0 radical (unpaired) electrons. The Morgan fingerprint density at radius 3 is 2.00 bits per heavy atom. The average Bonchev–Trinajstić information content (AvgIpc) is 1.61. The molecule has 0 aliphatic carbocycles. The van der Waals surface area contributed by atoms with Crippen molar-refractivity contribution in [3.8, 4) is 0 Å². The van der Waals surface area contributed by atoms with Gasteiger partial charge in [-0.25, -0.2) is 0 Å². The van der Waals surface area contributed by atoms with E-state index in [4.69, 9.17) is 0 Å². The van der Waals surface area contributed by atoms with Gasteiger partial charge in [-0.05, 0) is 6.42 Å². The molecule has 0 amide bonds. The first-order valence-corrected chi connectivity index (χ1v) is 2.68. The van der Waals surface area contributed by atoms with Gasteiger partial charge in [0.1, 0.15) is 0 Å². The lowest BCUT2D eigenvalue weighted by molar-refractivity contribution is 0.291. The topological polar surface area (TPSA) is 15.3 Å². The Hall–Kier alpha value is 0.400. The van der Waals surface area contributed by atoms with Gasteiger partial charge in [0.05, 0.1) is 0 Å². The maximum Gasteiger partial charge on any atom is 0.00993 e. The lowest BCUT2D eigenvalue weighted by Crippen LogP contribution is -2.30. The van der Waals surface area contributed by atoms with Crippen LogP contribution in [0, 0.1) is 0 Å². The molecule has 0 fully saturated rings. The second kappa shape index (κ2) is 7.40. The van der Waals surface area contributed by atoms with E-state index in [-0.39, 0.29) is 17.0 Å². The van der Waals surface area contributed by atoms with Gasteiger partial charge in [-0.15, -0.1) is 17.0 Å². The van der Waals surface area contributed by atoms with E-state index in [1.165, 1.54) is 6.42 Å². The minimum atomic E-state index is 0. The summed E-state index contributed by atoms with van der Waals surface area (Å²) in [5, 5.41) is 1.96. The minimum absolute atomic E-state index is 0. The molecule has 0 saturated heterocycles. The van der Waals surface area contributed by atoms with Crippen molar-refractivity contribution in [2.24, 2.45) is 0 Å². The number of rotatable bonds is 3. The number of halogens is 1. The van der Waals surface area contributed by atoms with Crippen LogP contribution >= 0.6 is 17.0 Å². The van der Waals surface area contributed by atoms with Crippen LogP contribution in [0.15, 0.2) is 0 Å². The molecule has 8 heavy (non-hydrogen) atoms. The molecule has 0 spiro atoms. The van der Waals surface area contributed by atoms with Crippen LogP contribution in [0.3, 0.4) is 0 Å². The largest absolute Gasteiger partial charge is 0.256 e. The predicted octanol–water partition coefficient (Wildman–Crippen LogP) is 1.04. The number of hydrazine groups is 1. The minimum Gasteiger partial charge on any atom is -0.256 e. The summed E-state index contributed by atoms with van der Waals surface area (Å²) < 4.78 is 0. The second-order valence-corrected chi connectivity index (χ2v) is 1.80. The standard InChI is InChI=1S/C5H14N2.BrH/c1-4-5-6-7(2)3;/h6H,4-5H2,1-3H3;1H. The van der Waals surface area contributed by atoms with Crippen LogP contribution in [0.4, 0.5) is 0 Å². The second-order valence-electron chi connectivity index (χ2n) is 1.80. The van der Waals surface area contributed by atoms with Crippen molar-refractivity contribution >= 4 is 17.0 Å². The van der Waals surface area contributed by atoms with Crippen molar-refractivity contribution < 1.29 is 0 Å². The van der Waals surface area contributed by atoms with E-state index < -0.39 is 0 Å². The first kappa shape index (κ1) is 11.2. The van der Waals surface area contributed by atoms with Crippen molar-refractivity contribution in [1.29, 1.82) is 0 Å². The van der Waals surface area contributed by atoms with Crippen LogP contribution in [0.5, 0.6) is 0 Å². The Kier molecular flexibility index (Phi) is 10.4. The van der Waals surface area contributed by atoms with Crippen LogP contribution in [0.25, 0.3) is 0 Å². The summed E-state index contributed by atoms with van der Waals surface area (Å²) in [6, 6.07) is 0. The first-order valence-electron chi connectivity index (χ1n) is 2.68. The third-order valence-electron chi connectivity index (χ3n) is 0.678. The highest BCUT2D eigenvalue weighted by Crippen LogP contribution is 1.68. The molecule has 0 bridgehead atoms. The van der Waals surface area contributed by atoms with Gasteiger partial charge in [-0.1, -0.05) is 6.92 Å². The summed E-state index contributed by atoms with van der Waals surface area (Å²) in [5.74, 6) is 0. The highest BCUT2D eigenvalue weighted by atomic mass is 79.9.